The Balaban J connectivity index is 2.21. The smallest absolute Gasteiger partial charge is 0.307 e. The van der Waals surface area contributed by atoms with Crippen molar-refractivity contribution in [3.05, 3.63) is 71.3 Å². The maximum absolute atomic E-state index is 13.2. The molecule has 0 radical (unpaired) electrons. The van der Waals surface area contributed by atoms with Crippen LogP contribution in [0.3, 0.4) is 0 Å². The first-order valence-corrected chi connectivity index (χ1v) is 6.88. The second-order valence-corrected chi connectivity index (χ2v) is 4.87. The molecule has 0 aliphatic heterocycles. The first-order chi connectivity index (χ1) is 11.0. The van der Waals surface area contributed by atoms with Gasteiger partial charge >= 0.3 is 5.97 Å². The van der Waals surface area contributed by atoms with Gasteiger partial charge in [-0.3, -0.25) is 9.59 Å². The zero-order chi connectivity index (χ0) is 16.8. The van der Waals surface area contributed by atoms with Crippen LogP contribution in [-0.2, 0) is 9.53 Å². The molecule has 1 atom stereocenters. The molecule has 0 aliphatic rings. The van der Waals surface area contributed by atoms with Crippen LogP contribution in [0.1, 0.15) is 28.4 Å². The lowest BCUT2D eigenvalue weighted by Crippen LogP contribution is -2.30. The molecule has 1 N–H and O–H groups in total. The molecule has 2 aromatic rings. The van der Waals surface area contributed by atoms with Crippen LogP contribution >= 0.6 is 0 Å². The first kappa shape index (κ1) is 16.6. The van der Waals surface area contributed by atoms with E-state index >= 15 is 0 Å². The zero-order valence-corrected chi connectivity index (χ0v) is 12.4. The third-order valence-electron chi connectivity index (χ3n) is 3.26. The third kappa shape index (κ3) is 4.60. The number of methoxy groups -OCH3 is 1. The van der Waals surface area contributed by atoms with Gasteiger partial charge in [0.15, 0.2) is 0 Å². The molecule has 0 fully saturated rings. The van der Waals surface area contributed by atoms with Gasteiger partial charge in [0, 0.05) is 5.56 Å². The van der Waals surface area contributed by atoms with Crippen molar-refractivity contribution in [1.29, 1.82) is 0 Å². The number of benzene rings is 2. The van der Waals surface area contributed by atoms with Crippen LogP contribution in [0.2, 0.25) is 0 Å². The maximum Gasteiger partial charge on any atom is 0.307 e. The van der Waals surface area contributed by atoms with Gasteiger partial charge in [-0.25, -0.2) is 8.78 Å². The topological polar surface area (TPSA) is 55.4 Å². The van der Waals surface area contributed by atoms with E-state index in [1.165, 1.54) is 49.6 Å². The van der Waals surface area contributed by atoms with Crippen molar-refractivity contribution in [3.63, 3.8) is 0 Å². The summed E-state index contributed by atoms with van der Waals surface area (Å²) in [6.45, 7) is 0. The fourth-order valence-corrected chi connectivity index (χ4v) is 2.07. The van der Waals surface area contributed by atoms with Crippen LogP contribution in [0.4, 0.5) is 8.78 Å². The van der Waals surface area contributed by atoms with Crippen molar-refractivity contribution in [2.24, 2.45) is 0 Å². The molecule has 2 aromatic carbocycles. The van der Waals surface area contributed by atoms with Crippen LogP contribution < -0.4 is 5.32 Å². The van der Waals surface area contributed by atoms with Gasteiger partial charge in [0.25, 0.3) is 5.91 Å². The molecule has 0 bridgehead atoms. The summed E-state index contributed by atoms with van der Waals surface area (Å²) in [5.41, 5.74) is 0.670. The Hall–Kier alpha value is -2.76. The van der Waals surface area contributed by atoms with Crippen molar-refractivity contribution in [3.8, 4) is 0 Å². The average molecular weight is 319 g/mol. The first-order valence-electron chi connectivity index (χ1n) is 6.88. The molecule has 120 valence electrons. The summed E-state index contributed by atoms with van der Waals surface area (Å²) < 4.78 is 30.8. The fraction of sp³-hybridized carbons (Fsp3) is 0.176. The van der Waals surface area contributed by atoms with Gasteiger partial charge in [0.05, 0.1) is 19.6 Å². The summed E-state index contributed by atoms with van der Waals surface area (Å²) in [6, 6.07) is 9.87. The molecule has 0 aliphatic carbocycles. The van der Waals surface area contributed by atoms with Gasteiger partial charge in [-0.2, -0.15) is 0 Å². The summed E-state index contributed by atoms with van der Waals surface area (Å²) >= 11 is 0. The maximum atomic E-state index is 13.2. The second-order valence-electron chi connectivity index (χ2n) is 4.87. The van der Waals surface area contributed by atoms with Gasteiger partial charge in [0.2, 0.25) is 0 Å². The predicted octanol–water partition coefficient (Wildman–Crippen LogP) is 3.00. The van der Waals surface area contributed by atoms with Crippen molar-refractivity contribution in [2.45, 2.75) is 12.5 Å². The molecule has 6 heteroatoms. The van der Waals surface area contributed by atoms with Crippen LogP contribution in [0.25, 0.3) is 0 Å². The van der Waals surface area contributed by atoms with Crippen molar-refractivity contribution < 1.29 is 23.1 Å². The van der Waals surface area contributed by atoms with Gasteiger partial charge < -0.3 is 10.1 Å². The highest BCUT2D eigenvalue weighted by molar-refractivity contribution is 5.94. The van der Waals surface area contributed by atoms with Crippen LogP contribution in [-0.4, -0.2) is 19.0 Å². The highest BCUT2D eigenvalue weighted by atomic mass is 19.1. The molecule has 0 spiro atoms. The number of carbonyl (C=O) groups is 2. The van der Waals surface area contributed by atoms with Gasteiger partial charge in [-0.15, -0.1) is 0 Å². The van der Waals surface area contributed by atoms with Crippen LogP contribution in [0.5, 0.6) is 0 Å². The number of rotatable bonds is 5. The molecule has 1 amide bonds. The van der Waals surface area contributed by atoms with E-state index in [-0.39, 0.29) is 12.0 Å². The number of ether oxygens (including phenoxy) is 1. The Morgan fingerprint density at radius 1 is 1.09 bits per heavy atom. The number of esters is 1. The minimum absolute atomic E-state index is 0.122. The van der Waals surface area contributed by atoms with E-state index in [2.05, 4.69) is 10.1 Å². The number of amides is 1. The Kier molecular flexibility index (Phi) is 5.41. The second kappa shape index (κ2) is 7.49. The molecular formula is C17H15F2NO3. The Labute approximate surface area is 132 Å². The van der Waals surface area contributed by atoms with Crippen molar-refractivity contribution in [1.82, 2.24) is 5.32 Å². The van der Waals surface area contributed by atoms with Crippen molar-refractivity contribution in [2.75, 3.05) is 7.11 Å². The van der Waals surface area contributed by atoms with E-state index in [0.29, 0.717) is 5.56 Å². The fourth-order valence-electron chi connectivity index (χ4n) is 2.07. The minimum atomic E-state index is -0.709. The number of hydrogen-bond acceptors (Lipinski definition) is 3. The number of halogens is 2. The summed E-state index contributed by atoms with van der Waals surface area (Å²) in [5.74, 6) is -2.03. The van der Waals surface area contributed by atoms with Crippen LogP contribution in [0, 0.1) is 11.6 Å². The largest absolute Gasteiger partial charge is 0.469 e. The molecule has 0 heterocycles. The molecule has 0 unspecified atom stereocenters. The monoisotopic (exact) mass is 319 g/mol. The summed E-state index contributed by atoms with van der Waals surface area (Å²) in [5, 5.41) is 2.63. The number of carbonyl (C=O) groups excluding carboxylic acids is 2. The lowest BCUT2D eigenvalue weighted by Gasteiger charge is -2.18. The Morgan fingerprint density at radius 3 is 2.39 bits per heavy atom. The standard InChI is InChI=1S/C17H15F2NO3/c1-23-16(21)10-15(11-5-7-13(18)8-6-11)20-17(22)12-3-2-4-14(19)9-12/h2-9,15H,10H2,1H3,(H,20,22)/t15-/m0/s1. The predicted molar refractivity (Wildman–Crippen MR) is 79.6 cm³/mol. The highest BCUT2D eigenvalue weighted by Crippen LogP contribution is 2.19. The normalized spacial score (nSPS) is 11.6. The van der Waals surface area contributed by atoms with E-state index in [4.69, 9.17) is 0 Å². The molecule has 4 nitrogen and oxygen atoms in total. The minimum Gasteiger partial charge on any atom is -0.469 e. The highest BCUT2D eigenvalue weighted by Gasteiger charge is 2.20. The summed E-state index contributed by atoms with van der Waals surface area (Å²) in [6.07, 6.45) is -0.122. The van der Waals surface area contributed by atoms with Crippen molar-refractivity contribution >= 4 is 11.9 Å². The van der Waals surface area contributed by atoms with E-state index in [1.54, 1.807) is 0 Å². The van der Waals surface area contributed by atoms with Gasteiger partial charge in [-0.1, -0.05) is 18.2 Å². The SMILES string of the molecule is COC(=O)C[C@H](NC(=O)c1cccc(F)c1)c1ccc(F)cc1. The van der Waals surface area contributed by atoms with Crippen LogP contribution in [0.15, 0.2) is 48.5 Å². The zero-order valence-electron chi connectivity index (χ0n) is 12.4. The lowest BCUT2D eigenvalue weighted by molar-refractivity contribution is -0.141. The Morgan fingerprint density at radius 2 is 1.78 bits per heavy atom. The van der Waals surface area contributed by atoms with E-state index < -0.39 is 29.6 Å². The quantitative estimate of drug-likeness (QED) is 0.862. The van der Waals surface area contributed by atoms with E-state index in [1.807, 2.05) is 0 Å². The lowest BCUT2D eigenvalue weighted by atomic mass is 10.0. The van der Waals surface area contributed by atoms with E-state index in [0.717, 1.165) is 6.07 Å². The molecule has 0 aromatic heterocycles. The Bertz CT molecular complexity index is 701. The van der Waals surface area contributed by atoms with Gasteiger partial charge in [0.1, 0.15) is 11.6 Å². The molecular weight excluding hydrogens is 304 g/mol. The average Bonchev–Trinajstić information content (AvgIpc) is 2.54. The number of nitrogens with one attached hydrogen (secondary N) is 1. The molecule has 0 saturated heterocycles. The molecule has 2 rings (SSSR count). The summed E-state index contributed by atoms with van der Waals surface area (Å²) in [4.78, 5) is 23.7. The number of hydrogen-bond donors (Lipinski definition) is 1. The van der Waals surface area contributed by atoms with Gasteiger partial charge in [-0.05, 0) is 35.9 Å². The third-order valence-corrected chi connectivity index (χ3v) is 3.26. The summed E-state index contributed by atoms with van der Waals surface area (Å²) in [7, 11) is 1.23. The molecule has 23 heavy (non-hydrogen) atoms. The molecule has 0 saturated carbocycles. The van der Waals surface area contributed by atoms with E-state index in [9.17, 15) is 18.4 Å².